The first-order valence-corrected chi connectivity index (χ1v) is 8.86. The van der Waals surface area contributed by atoms with Gasteiger partial charge in [0.1, 0.15) is 0 Å². The molecule has 24 heavy (non-hydrogen) atoms. The molecule has 0 saturated heterocycles. The molecule has 124 valence electrons. The predicted octanol–water partition coefficient (Wildman–Crippen LogP) is 3.50. The van der Waals surface area contributed by atoms with Gasteiger partial charge in [-0.2, -0.15) is 0 Å². The summed E-state index contributed by atoms with van der Waals surface area (Å²) in [6, 6.07) is 12.0. The lowest BCUT2D eigenvalue weighted by Crippen LogP contribution is -2.34. The Labute approximate surface area is 145 Å². The van der Waals surface area contributed by atoms with Crippen LogP contribution in [0.25, 0.3) is 6.08 Å². The Kier molecular flexibility index (Phi) is 5.43. The molecule has 1 aromatic carbocycles. The number of nitrogens with one attached hydrogen (secondary N) is 1. The van der Waals surface area contributed by atoms with E-state index in [1.807, 2.05) is 29.6 Å². The predicted molar refractivity (Wildman–Crippen MR) is 94.6 cm³/mol. The SMILES string of the molecule is O=C(COC(=O)C=Cc1cccs1)NC1CCCc2ccccc21. The van der Waals surface area contributed by atoms with E-state index in [9.17, 15) is 9.59 Å². The summed E-state index contributed by atoms with van der Waals surface area (Å²) in [4.78, 5) is 24.7. The molecule has 0 radical (unpaired) electrons. The zero-order valence-electron chi connectivity index (χ0n) is 13.2. The fourth-order valence-electron chi connectivity index (χ4n) is 2.86. The summed E-state index contributed by atoms with van der Waals surface area (Å²) in [6.07, 6.45) is 6.03. The smallest absolute Gasteiger partial charge is 0.331 e. The molecular formula is C19H19NO3S. The summed E-state index contributed by atoms with van der Waals surface area (Å²) < 4.78 is 5.00. The van der Waals surface area contributed by atoms with E-state index in [4.69, 9.17) is 4.74 Å². The minimum Gasteiger partial charge on any atom is -0.452 e. The Bertz CT molecular complexity index is 737. The third-order valence-electron chi connectivity index (χ3n) is 3.98. The number of thiophene rings is 1. The van der Waals surface area contributed by atoms with Gasteiger partial charge in [-0.15, -0.1) is 11.3 Å². The number of rotatable bonds is 5. The molecule has 1 amide bonds. The average Bonchev–Trinajstić information content (AvgIpc) is 3.12. The Morgan fingerprint density at radius 1 is 1.25 bits per heavy atom. The van der Waals surface area contributed by atoms with Crippen LogP contribution >= 0.6 is 11.3 Å². The normalized spacial score (nSPS) is 16.6. The monoisotopic (exact) mass is 341 g/mol. The van der Waals surface area contributed by atoms with E-state index in [-0.39, 0.29) is 18.6 Å². The lowest BCUT2D eigenvalue weighted by Gasteiger charge is -2.26. The number of ether oxygens (including phenoxy) is 1. The maximum absolute atomic E-state index is 12.0. The van der Waals surface area contributed by atoms with Crippen LogP contribution in [0.1, 0.15) is 34.9 Å². The summed E-state index contributed by atoms with van der Waals surface area (Å²) in [5.41, 5.74) is 2.45. The van der Waals surface area contributed by atoms with Gasteiger partial charge >= 0.3 is 5.97 Å². The van der Waals surface area contributed by atoms with Crippen LogP contribution in [0, 0.1) is 0 Å². The Hall–Kier alpha value is -2.40. The number of amides is 1. The number of benzene rings is 1. The summed E-state index contributed by atoms with van der Waals surface area (Å²) in [6.45, 7) is -0.258. The van der Waals surface area contributed by atoms with Crippen LogP contribution in [-0.4, -0.2) is 18.5 Å². The number of esters is 1. The molecular weight excluding hydrogens is 322 g/mol. The van der Waals surface area contributed by atoms with Gasteiger partial charge in [-0.3, -0.25) is 4.79 Å². The molecule has 0 aliphatic heterocycles. The first-order valence-electron chi connectivity index (χ1n) is 7.98. The molecule has 1 heterocycles. The second-order valence-corrected chi connectivity index (χ2v) is 6.65. The fraction of sp³-hybridized carbons (Fsp3) is 0.263. The molecule has 5 heteroatoms. The summed E-state index contributed by atoms with van der Waals surface area (Å²) in [5, 5.41) is 4.89. The molecule has 1 N–H and O–H groups in total. The van der Waals surface area contributed by atoms with Gasteiger partial charge in [0.15, 0.2) is 6.61 Å². The van der Waals surface area contributed by atoms with Gasteiger partial charge in [0, 0.05) is 11.0 Å². The lowest BCUT2D eigenvalue weighted by atomic mass is 9.88. The highest BCUT2D eigenvalue weighted by Gasteiger charge is 2.21. The van der Waals surface area contributed by atoms with Crippen molar-refractivity contribution in [1.29, 1.82) is 0 Å². The molecule has 1 aromatic heterocycles. The Balaban J connectivity index is 1.49. The molecule has 2 aromatic rings. The van der Waals surface area contributed by atoms with Crippen LogP contribution in [0.15, 0.2) is 47.9 Å². The van der Waals surface area contributed by atoms with E-state index < -0.39 is 5.97 Å². The van der Waals surface area contributed by atoms with Crippen LogP contribution in [-0.2, 0) is 20.7 Å². The minimum atomic E-state index is -0.511. The van der Waals surface area contributed by atoms with Crippen LogP contribution in [0.3, 0.4) is 0 Å². The van der Waals surface area contributed by atoms with Gasteiger partial charge in [-0.25, -0.2) is 4.79 Å². The zero-order chi connectivity index (χ0) is 16.8. The topological polar surface area (TPSA) is 55.4 Å². The third-order valence-corrected chi connectivity index (χ3v) is 4.81. The zero-order valence-corrected chi connectivity index (χ0v) is 14.1. The highest BCUT2D eigenvalue weighted by Crippen LogP contribution is 2.29. The molecule has 0 fully saturated rings. The van der Waals surface area contributed by atoms with Crippen molar-refractivity contribution < 1.29 is 14.3 Å². The standard InChI is InChI=1S/C19H19NO3S/c21-18(13-23-19(22)11-10-15-7-4-12-24-15)20-17-9-3-6-14-5-1-2-8-16(14)17/h1-2,4-5,7-8,10-12,17H,3,6,9,13H2,(H,20,21). The molecule has 1 aliphatic carbocycles. The summed E-state index contributed by atoms with van der Waals surface area (Å²) >= 11 is 1.53. The number of aryl methyl sites for hydroxylation is 1. The van der Waals surface area contributed by atoms with Gasteiger partial charge in [-0.1, -0.05) is 30.3 Å². The van der Waals surface area contributed by atoms with Gasteiger partial charge in [0.05, 0.1) is 6.04 Å². The molecule has 1 aliphatic rings. The number of fused-ring (bicyclic) bond motifs is 1. The maximum atomic E-state index is 12.0. The van der Waals surface area contributed by atoms with E-state index >= 15 is 0 Å². The first kappa shape index (κ1) is 16.5. The minimum absolute atomic E-state index is 0.00260. The largest absolute Gasteiger partial charge is 0.452 e. The van der Waals surface area contributed by atoms with Crippen molar-refractivity contribution in [3.63, 3.8) is 0 Å². The molecule has 1 unspecified atom stereocenters. The number of hydrogen-bond donors (Lipinski definition) is 1. The van der Waals surface area contributed by atoms with E-state index in [1.54, 1.807) is 6.08 Å². The quantitative estimate of drug-likeness (QED) is 0.669. The van der Waals surface area contributed by atoms with Gasteiger partial charge in [0.25, 0.3) is 5.91 Å². The number of carbonyl (C=O) groups excluding carboxylic acids is 2. The van der Waals surface area contributed by atoms with Crippen molar-refractivity contribution in [3.05, 3.63) is 63.9 Å². The molecule has 0 bridgehead atoms. The van der Waals surface area contributed by atoms with Crippen molar-refractivity contribution in [2.75, 3.05) is 6.61 Å². The van der Waals surface area contributed by atoms with E-state index in [2.05, 4.69) is 17.4 Å². The highest BCUT2D eigenvalue weighted by atomic mass is 32.1. The van der Waals surface area contributed by atoms with E-state index in [0.29, 0.717) is 0 Å². The maximum Gasteiger partial charge on any atom is 0.331 e. The molecule has 4 nitrogen and oxygen atoms in total. The third kappa shape index (κ3) is 4.32. The van der Waals surface area contributed by atoms with E-state index in [1.165, 1.54) is 28.5 Å². The second-order valence-electron chi connectivity index (χ2n) is 5.67. The Morgan fingerprint density at radius 2 is 2.12 bits per heavy atom. The van der Waals surface area contributed by atoms with Crippen molar-refractivity contribution in [1.82, 2.24) is 5.32 Å². The second kappa shape index (κ2) is 7.93. The highest BCUT2D eigenvalue weighted by molar-refractivity contribution is 7.10. The van der Waals surface area contributed by atoms with Gasteiger partial charge in [0.2, 0.25) is 0 Å². The van der Waals surface area contributed by atoms with Crippen molar-refractivity contribution in [2.45, 2.75) is 25.3 Å². The number of carbonyl (C=O) groups is 2. The lowest BCUT2D eigenvalue weighted by molar-refractivity contribution is -0.144. The van der Waals surface area contributed by atoms with Gasteiger partial charge in [-0.05, 0) is 47.9 Å². The number of hydrogen-bond acceptors (Lipinski definition) is 4. The summed E-state index contributed by atoms with van der Waals surface area (Å²) in [7, 11) is 0. The molecule has 0 spiro atoms. The molecule has 0 saturated carbocycles. The fourth-order valence-corrected chi connectivity index (χ4v) is 3.48. The van der Waals surface area contributed by atoms with Crippen LogP contribution < -0.4 is 5.32 Å². The first-order chi connectivity index (χ1) is 11.7. The average molecular weight is 341 g/mol. The van der Waals surface area contributed by atoms with Crippen molar-refractivity contribution in [3.8, 4) is 0 Å². The van der Waals surface area contributed by atoms with E-state index in [0.717, 1.165) is 24.1 Å². The Morgan fingerprint density at radius 3 is 2.96 bits per heavy atom. The van der Waals surface area contributed by atoms with Crippen molar-refractivity contribution >= 4 is 29.3 Å². The van der Waals surface area contributed by atoms with Crippen LogP contribution in [0.5, 0.6) is 0 Å². The summed E-state index contributed by atoms with van der Waals surface area (Å²) in [5.74, 6) is -0.780. The molecule has 3 rings (SSSR count). The van der Waals surface area contributed by atoms with Crippen LogP contribution in [0.2, 0.25) is 0 Å². The van der Waals surface area contributed by atoms with Crippen molar-refractivity contribution in [2.24, 2.45) is 0 Å². The molecule has 1 atom stereocenters. The van der Waals surface area contributed by atoms with Crippen LogP contribution in [0.4, 0.5) is 0 Å². The van der Waals surface area contributed by atoms with Gasteiger partial charge < -0.3 is 10.1 Å².